The highest BCUT2D eigenvalue weighted by atomic mass is 127. The zero-order valence-corrected chi connectivity index (χ0v) is 11.6. The topological polar surface area (TPSA) is 21.3 Å². The second kappa shape index (κ2) is 6.45. The number of unbranched alkanes of at least 4 members (excludes halogenated alkanes) is 1. The van der Waals surface area contributed by atoms with E-state index in [0.29, 0.717) is 0 Å². The molecule has 1 aliphatic rings. The maximum atomic E-state index is 5.68. The second-order valence-electron chi connectivity index (χ2n) is 4.24. The molecule has 0 amide bonds. The van der Waals surface area contributed by atoms with Gasteiger partial charge in [-0.15, -0.1) is 0 Å². The predicted molar refractivity (Wildman–Crippen MR) is 74.9 cm³/mol. The van der Waals surface area contributed by atoms with Gasteiger partial charge >= 0.3 is 0 Å². The summed E-state index contributed by atoms with van der Waals surface area (Å²) >= 11 is 2.30. The van der Waals surface area contributed by atoms with Crippen molar-refractivity contribution in [1.29, 1.82) is 0 Å². The Labute approximate surface area is 111 Å². The maximum Gasteiger partial charge on any atom is 0.120 e. The van der Waals surface area contributed by atoms with Crippen molar-refractivity contribution in [2.75, 3.05) is 13.2 Å². The van der Waals surface area contributed by atoms with Crippen molar-refractivity contribution in [3.63, 3.8) is 0 Å². The van der Waals surface area contributed by atoms with Gasteiger partial charge in [-0.3, -0.25) is 0 Å². The lowest BCUT2D eigenvalue weighted by Gasteiger charge is -2.06. The standard InChI is InChI=1S/C13H18INO/c14-11-4-3-5-13(10-11)16-9-2-1-8-15-12-6-7-12/h3-5,10,12,15H,1-2,6-9H2. The molecule has 0 saturated heterocycles. The summed E-state index contributed by atoms with van der Waals surface area (Å²) in [5, 5.41) is 3.51. The highest BCUT2D eigenvalue weighted by molar-refractivity contribution is 14.1. The quantitative estimate of drug-likeness (QED) is 0.612. The number of ether oxygens (including phenoxy) is 1. The number of rotatable bonds is 7. The van der Waals surface area contributed by atoms with Crippen LogP contribution >= 0.6 is 22.6 Å². The molecular formula is C13H18INO. The smallest absolute Gasteiger partial charge is 0.120 e. The first-order valence-electron chi connectivity index (χ1n) is 5.96. The van der Waals surface area contributed by atoms with Crippen molar-refractivity contribution < 1.29 is 4.74 Å². The molecule has 0 unspecified atom stereocenters. The molecule has 88 valence electrons. The molecule has 1 aliphatic carbocycles. The summed E-state index contributed by atoms with van der Waals surface area (Å²) in [5.74, 6) is 0.988. The monoisotopic (exact) mass is 331 g/mol. The van der Waals surface area contributed by atoms with Gasteiger partial charge in [0.1, 0.15) is 5.75 Å². The van der Waals surface area contributed by atoms with Gasteiger partial charge in [0.2, 0.25) is 0 Å². The fourth-order valence-corrected chi connectivity index (χ4v) is 2.08. The van der Waals surface area contributed by atoms with Crippen LogP contribution in [0.5, 0.6) is 5.75 Å². The highest BCUT2D eigenvalue weighted by Gasteiger charge is 2.19. The first kappa shape index (κ1) is 12.2. The second-order valence-corrected chi connectivity index (χ2v) is 5.49. The van der Waals surface area contributed by atoms with Crippen LogP contribution in [0.2, 0.25) is 0 Å². The van der Waals surface area contributed by atoms with E-state index < -0.39 is 0 Å². The molecule has 1 saturated carbocycles. The third-order valence-corrected chi connectivity index (χ3v) is 3.32. The lowest BCUT2D eigenvalue weighted by Crippen LogP contribution is -2.17. The van der Waals surface area contributed by atoms with Gasteiger partial charge < -0.3 is 10.1 Å². The Hall–Kier alpha value is -0.290. The Bertz CT molecular complexity index is 325. The highest BCUT2D eigenvalue weighted by Crippen LogP contribution is 2.18. The molecule has 1 N–H and O–H groups in total. The van der Waals surface area contributed by atoms with Crippen molar-refractivity contribution >= 4 is 22.6 Å². The molecule has 1 aromatic rings. The molecule has 1 fully saturated rings. The molecule has 0 spiro atoms. The Balaban J connectivity index is 1.53. The average Bonchev–Trinajstić information content (AvgIpc) is 3.07. The Morgan fingerprint density at radius 2 is 2.19 bits per heavy atom. The molecule has 0 heterocycles. The van der Waals surface area contributed by atoms with Crippen LogP contribution in [-0.4, -0.2) is 19.2 Å². The summed E-state index contributed by atoms with van der Waals surface area (Å²) in [6.07, 6.45) is 5.09. The van der Waals surface area contributed by atoms with Crippen LogP contribution < -0.4 is 10.1 Å². The molecule has 2 rings (SSSR count). The van der Waals surface area contributed by atoms with E-state index in [9.17, 15) is 0 Å². The van der Waals surface area contributed by atoms with E-state index >= 15 is 0 Å². The number of benzene rings is 1. The minimum Gasteiger partial charge on any atom is -0.494 e. The maximum absolute atomic E-state index is 5.68. The lowest BCUT2D eigenvalue weighted by molar-refractivity contribution is 0.305. The molecular weight excluding hydrogens is 313 g/mol. The van der Waals surface area contributed by atoms with Gasteiger partial charge in [0, 0.05) is 9.61 Å². The predicted octanol–water partition coefficient (Wildman–Crippen LogP) is 3.20. The lowest BCUT2D eigenvalue weighted by atomic mass is 10.3. The molecule has 0 bridgehead atoms. The molecule has 2 nitrogen and oxygen atoms in total. The fraction of sp³-hybridized carbons (Fsp3) is 0.538. The SMILES string of the molecule is Ic1cccc(OCCCCNC2CC2)c1. The van der Waals surface area contributed by atoms with E-state index in [1.165, 1.54) is 22.8 Å². The van der Waals surface area contributed by atoms with Crippen LogP contribution in [0.1, 0.15) is 25.7 Å². The zero-order chi connectivity index (χ0) is 11.2. The summed E-state index contributed by atoms with van der Waals surface area (Å²) < 4.78 is 6.90. The van der Waals surface area contributed by atoms with Crippen molar-refractivity contribution in [1.82, 2.24) is 5.32 Å². The minimum atomic E-state index is 0.826. The van der Waals surface area contributed by atoms with E-state index in [1.807, 2.05) is 12.1 Å². The summed E-state index contributed by atoms with van der Waals surface area (Å²) in [5.41, 5.74) is 0. The van der Waals surface area contributed by atoms with Crippen LogP contribution in [-0.2, 0) is 0 Å². The van der Waals surface area contributed by atoms with Gasteiger partial charge in [0.05, 0.1) is 6.61 Å². The van der Waals surface area contributed by atoms with E-state index in [-0.39, 0.29) is 0 Å². The normalized spacial score (nSPS) is 15.1. The van der Waals surface area contributed by atoms with Crippen molar-refractivity contribution in [3.05, 3.63) is 27.8 Å². The third-order valence-electron chi connectivity index (χ3n) is 2.65. The third kappa shape index (κ3) is 4.70. The van der Waals surface area contributed by atoms with E-state index in [2.05, 4.69) is 40.0 Å². The summed E-state index contributed by atoms with van der Waals surface area (Å²) in [4.78, 5) is 0. The van der Waals surface area contributed by atoms with E-state index in [4.69, 9.17) is 4.74 Å². The molecule has 0 aromatic heterocycles. The van der Waals surface area contributed by atoms with Gasteiger partial charge in [0.15, 0.2) is 0 Å². The van der Waals surface area contributed by atoms with Crippen LogP contribution in [0, 0.1) is 3.57 Å². The summed E-state index contributed by atoms with van der Waals surface area (Å²) in [6.45, 7) is 1.97. The Kier molecular flexibility index (Phi) is 4.91. The van der Waals surface area contributed by atoms with Crippen LogP contribution in [0.3, 0.4) is 0 Å². The largest absolute Gasteiger partial charge is 0.494 e. The summed E-state index contributed by atoms with van der Waals surface area (Å²) in [7, 11) is 0. The van der Waals surface area contributed by atoms with Gasteiger partial charge in [-0.1, -0.05) is 6.07 Å². The number of nitrogens with one attached hydrogen (secondary N) is 1. The molecule has 1 aromatic carbocycles. The van der Waals surface area contributed by atoms with Crippen LogP contribution in [0.15, 0.2) is 24.3 Å². The fourth-order valence-electron chi connectivity index (χ4n) is 1.57. The van der Waals surface area contributed by atoms with E-state index in [1.54, 1.807) is 0 Å². The van der Waals surface area contributed by atoms with Crippen molar-refractivity contribution in [3.8, 4) is 5.75 Å². The molecule has 3 heteroatoms. The average molecular weight is 331 g/mol. The van der Waals surface area contributed by atoms with Crippen LogP contribution in [0.25, 0.3) is 0 Å². The van der Waals surface area contributed by atoms with Gasteiger partial charge in [-0.05, 0) is 73.0 Å². The molecule has 0 radical (unpaired) electrons. The minimum absolute atomic E-state index is 0.826. The molecule has 16 heavy (non-hydrogen) atoms. The Morgan fingerprint density at radius 3 is 2.94 bits per heavy atom. The first-order chi connectivity index (χ1) is 7.84. The van der Waals surface area contributed by atoms with Gasteiger partial charge in [-0.2, -0.15) is 0 Å². The molecule has 0 atom stereocenters. The van der Waals surface area contributed by atoms with Crippen LogP contribution in [0.4, 0.5) is 0 Å². The number of halogens is 1. The summed E-state index contributed by atoms with van der Waals surface area (Å²) in [6, 6.07) is 9.03. The van der Waals surface area contributed by atoms with Crippen molar-refractivity contribution in [2.24, 2.45) is 0 Å². The Morgan fingerprint density at radius 1 is 1.31 bits per heavy atom. The number of hydrogen-bond donors (Lipinski definition) is 1. The first-order valence-corrected chi connectivity index (χ1v) is 7.04. The number of hydrogen-bond acceptors (Lipinski definition) is 2. The van der Waals surface area contributed by atoms with Gasteiger partial charge in [-0.25, -0.2) is 0 Å². The zero-order valence-electron chi connectivity index (χ0n) is 9.42. The molecule has 0 aliphatic heterocycles. The van der Waals surface area contributed by atoms with Crippen molar-refractivity contribution in [2.45, 2.75) is 31.7 Å². The van der Waals surface area contributed by atoms with Gasteiger partial charge in [0.25, 0.3) is 0 Å². The van der Waals surface area contributed by atoms with E-state index in [0.717, 1.165) is 31.4 Å².